The Labute approximate surface area is 68.7 Å². The molecule has 0 aromatic carbocycles. The Kier molecular flexibility index (Phi) is 3.55. The lowest BCUT2D eigenvalue weighted by Gasteiger charge is -2.17. The molecule has 0 aliphatic carbocycles. The van der Waals surface area contributed by atoms with Crippen LogP contribution in [0.15, 0.2) is 0 Å². The van der Waals surface area contributed by atoms with Crippen molar-refractivity contribution >= 4 is 5.97 Å². The molecule has 0 amide bonds. The molecule has 0 rings (SSSR count). The Bertz CT molecular complexity index is 163. The average molecular weight is 184 g/mol. The van der Waals surface area contributed by atoms with E-state index in [-0.39, 0.29) is 5.92 Å². The zero-order valence-electron chi connectivity index (χ0n) is 7.11. The molecule has 0 aromatic heterocycles. The fourth-order valence-electron chi connectivity index (χ4n) is 0.372. The Morgan fingerprint density at radius 2 is 1.67 bits per heavy atom. The van der Waals surface area contributed by atoms with Gasteiger partial charge in [-0.1, -0.05) is 13.8 Å². The van der Waals surface area contributed by atoms with Crippen LogP contribution in [0.2, 0.25) is 0 Å². The number of alkyl halides is 3. The summed E-state index contributed by atoms with van der Waals surface area (Å²) in [7, 11) is 0. The topological polar surface area (TPSA) is 26.3 Å². The molecule has 0 heterocycles. The Balaban J connectivity index is 4.02. The second-order valence-electron chi connectivity index (χ2n) is 2.85. The van der Waals surface area contributed by atoms with E-state index in [9.17, 15) is 18.0 Å². The first kappa shape index (κ1) is 11.3. The molecule has 0 N–H and O–H groups in total. The Morgan fingerprint density at radius 1 is 1.25 bits per heavy atom. The van der Waals surface area contributed by atoms with Crippen LogP contribution in [0, 0.1) is 5.92 Å². The van der Waals surface area contributed by atoms with Crippen LogP contribution in [-0.2, 0) is 9.53 Å². The minimum atomic E-state index is -4.89. The van der Waals surface area contributed by atoms with Gasteiger partial charge in [-0.2, -0.15) is 13.2 Å². The predicted molar refractivity (Wildman–Crippen MR) is 36.4 cm³/mol. The number of hydrogen-bond donors (Lipinski definition) is 0. The summed E-state index contributed by atoms with van der Waals surface area (Å²) in [5, 5.41) is 0. The summed E-state index contributed by atoms with van der Waals surface area (Å²) >= 11 is 0. The van der Waals surface area contributed by atoms with Gasteiger partial charge in [-0.15, -0.1) is 0 Å². The average Bonchev–Trinajstić information content (AvgIpc) is 1.85. The van der Waals surface area contributed by atoms with Gasteiger partial charge < -0.3 is 4.74 Å². The zero-order chi connectivity index (χ0) is 9.94. The first-order valence-corrected chi connectivity index (χ1v) is 3.53. The van der Waals surface area contributed by atoms with Crippen LogP contribution < -0.4 is 0 Å². The lowest BCUT2D eigenvalue weighted by atomic mass is 10.1. The summed E-state index contributed by atoms with van der Waals surface area (Å²) in [4.78, 5) is 10.2. The maximum atomic E-state index is 11.6. The fraction of sp³-hybridized carbons (Fsp3) is 0.857. The van der Waals surface area contributed by atoms with E-state index in [4.69, 9.17) is 0 Å². The number of esters is 1. The highest BCUT2D eigenvalue weighted by Gasteiger charge is 2.41. The number of hydrogen-bond acceptors (Lipinski definition) is 2. The molecule has 2 nitrogen and oxygen atoms in total. The molecule has 0 radical (unpaired) electrons. The highest BCUT2D eigenvalue weighted by Crippen LogP contribution is 2.19. The van der Waals surface area contributed by atoms with Gasteiger partial charge in [0.1, 0.15) is 6.10 Å². The summed E-state index contributed by atoms with van der Waals surface area (Å²) in [6.07, 6.45) is -5.59. The maximum Gasteiger partial charge on any atom is 0.490 e. The van der Waals surface area contributed by atoms with Crippen molar-refractivity contribution in [2.45, 2.75) is 33.1 Å². The van der Waals surface area contributed by atoms with Crippen molar-refractivity contribution in [3.05, 3.63) is 0 Å². The highest BCUT2D eigenvalue weighted by atomic mass is 19.4. The van der Waals surface area contributed by atoms with Gasteiger partial charge in [-0.25, -0.2) is 4.79 Å². The van der Waals surface area contributed by atoms with Crippen molar-refractivity contribution in [1.82, 2.24) is 0 Å². The molecule has 0 aliphatic heterocycles. The number of carbonyl (C=O) groups excluding carboxylic acids is 1. The van der Waals surface area contributed by atoms with Crippen LogP contribution in [0.3, 0.4) is 0 Å². The summed E-state index contributed by atoms with van der Waals surface area (Å²) in [6, 6.07) is 0. The van der Waals surface area contributed by atoms with E-state index >= 15 is 0 Å². The van der Waals surface area contributed by atoms with Gasteiger partial charge in [-0.3, -0.25) is 0 Å². The Morgan fingerprint density at radius 3 is 1.92 bits per heavy atom. The third-order valence-corrected chi connectivity index (χ3v) is 1.46. The van der Waals surface area contributed by atoms with Crippen LogP contribution in [0.5, 0.6) is 0 Å². The minimum Gasteiger partial charge on any atom is -0.456 e. The minimum absolute atomic E-state index is 0.115. The standard InChI is InChI=1S/C7H11F3O2/c1-4(2)5(3)12-6(11)7(8,9)10/h4-5H,1-3H3. The summed E-state index contributed by atoms with van der Waals surface area (Å²) in [5.41, 5.74) is 0. The van der Waals surface area contributed by atoms with Crippen LogP contribution in [0.1, 0.15) is 20.8 Å². The SMILES string of the molecule is CC(C)C(C)OC(=O)C(F)(F)F. The van der Waals surface area contributed by atoms with Crippen molar-refractivity contribution in [2.75, 3.05) is 0 Å². The van der Waals surface area contributed by atoms with Gasteiger partial charge in [0.2, 0.25) is 0 Å². The van der Waals surface area contributed by atoms with Crippen molar-refractivity contribution in [1.29, 1.82) is 0 Å². The molecular weight excluding hydrogens is 173 g/mol. The molecule has 0 fully saturated rings. The number of halogens is 3. The van der Waals surface area contributed by atoms with Crippen molar-refractivity contribution < 1.29 is 22.7 Å². The van der Waals surface area contributed by atoms with Gasteiger partial charge in [0.15, 0.2) is 0 Å². The van der Waals surface area contributed by atoms with E-state index in [1.807, 2.05) is 0 Å². The third kappa shape index (κ3) is 3.59. The number of carbonyl (C=O) groups is 1. The summed E-state index contributed by atoms with van der Waals surface area (Å²) in [5.74, 6) is -2.24. The van der Waals surface area contributed by atoms with Gasteiger partial charge >= 0.3 is 12.1 Å². The van der Waals surface area contributed by atoms with Gasteiger partial charge in [-0.05, 0) is 12.8 Å². The second kappa shape index (κ2) is 3.78. The van der Waals surface area contributed by atoms with E-state index in [1.54, 1.807) is 13.8 Å². The number of rotatable bonds is 2. The molecule has 5 heteroatoms. The van der Waals surface area contributed by atoms with Gasteiger partial charge in [0.25, 0.3) is 0 Å². The number of ether oxygens (including phenoxy) is 1. The molecular formula is C7H11F3O2. The van der Waals surface area contributed by atoms with E-state index in [0.717, 1.165) is 0 Å². The van der Waals surface area contributed by atoms with E-state index < -0.39 is 18.2 Å². The first-order chi connectivity index (χ1) is 5.25. The molecule has 0 aromatic rings. The highest BCUT2D eigenvalue weighted by molar-refractivity contribution is 5.75. The molecule has 0 spiro atoms. The van der Waals surface area contributed by atoms with Crippen LogP contribution in [0.4, 0.5) is 13.2 Å². The normalized spacial score (nSPS) is 14.6. The molecule has 0 bridgehead atoms. The molecule has 0 aliphatic rings. The predicted octanol–water partition coefficient (Wildman–Crippen LogP) is 2.14. The molecule has 72 valence electrons. The van der Waals surface area contributed by atoms with E-state index in [0.29, 0.717) is 0 Å². The maximum absolute atomic E-state index is 11.6. The van der Waals surface area contributed by atoms with Crippen molar-refractivity contribution in [3.63, 3.8) is 0 Å². The smallest absolute Gasteiger partial charge is 0.456 e. The summed E-state index contributed by atoms with van der Waals surface area (Å²) < 4.78 is 38.9. The Hall–Kier alpha value is -0.740. The van der Waals surface area contributed by atoms with Gasteiger partial charge in [0, 0.05) is 0 Å². The third-order valence-electron chi connectivity index (χ3n) is 1.46. The first-order valence-electron chi connectivity index (χ1n) is 3.53. The largest absolute Gasteiger partial charge is 0.490 e. The van der Waals surface area contributed by atoms with Gasteiger partial charge in [0.05, 0.1) is 0 Å². The molecule has 12 heavy (non-hydrogen) atoms. The molecule has 0 saturated heterocycles. The van der Waals surface area contributed by atoms with Crippen molar-refractivity contribution in [3.8, 4) is 0 Å². The summed E-state index contributed by atoms with van der Waals surface area (Å²) in [6.45, 7) is 4.77. The quantitative estimate of drug-likeness (QED) is 0.614. The van der Waals surface area contributed by atoms with Crippen LogP contribution >= 0.6 is 0 Å². The lowest BCUT2D eigenvalue weighted by Crippen LogP contribution is -2.30. The van der Waals surface area contributed by atoms with Crippen molar-refractivity contribution in [2.24, 2.45) is 5.92 Å². The van der Waals surface area contributed by atoms with E-state index in [1.165, 1.54) is 6.92 Å². The van der Waals surface area contributed by atoms with E-state index in [2.05, 4.69) is 4.74 Å². The lowest BCUT2D eigenvalue weighted by molar-refractivity contribution is -0.205. The van der Waals surface area contributed by atoms with Crippen LogP contribution in [0.25, 0.3) is 0 Å². The monoisotopic (exact) mass is 184 g/mol. The zero-order valence-corrected chi connectivity index (χ0v) is 7.11. The molecule has 1 unspecified atom stereocenters. The fourth-order valence-corrected chi connectivity index (χ4v) is 0.372. The van der Waals surface area contributed by atoms with Crippen LogP contribution in [-0.4, -0.2) is 18.2 Å². The molecule has 0 saturated carbocycles. The molecule has 1 atom stereocenters. The second-order valence-corrected chi connectivity index (χ2v) is 2.85.